The Morgan fingerprint density at radius 2 is 2.27 bits per heavy atom. The summed E-state index contributed by atoms with van der Waals surface area (Å²) in [5.74, 6) is -0.699. The molecule has 0 aliphatic carbocycles. The molecule has 15 heavy (non-hydrogen) atoms. The van der Waals surface area contributed by atoms with Gasteiger partial charge in [-0.15, -0.1) is 0 Å². The third-order valence-corrected chi connectivity index (χ3v) is 2.11. The number of aromatic amines is 1. The molecule has 0 aliphatic rings. The van der Waals surface area contributed by atoms with Crippen LogP contribution in [0.2, 0.25) is 0 Å². The van der Waals surface area contributed by atoms with E-state index in [-0.39, 0.29) is 16.5 Å². The van der Waals surface area contributed by atoms with Crippen LogP contribution in [0.4, 0.5) is 0 Å². The number of carbonyl (C=O) groups is 1. The summed E-state index contributed by atoms with van der Waals surface area (Å²) in [5, 5.41) is 0.246. The van der Waals surface area contributed by atoms with Gasteiger partial charge in [0.25, 0.3) is 5.91 Å². The molecule has 0 atom stereocenters. The number of primary amides is 1. The SMILES string of the molecule is Cc1cc(=O)c2c(C(N)=O)nccc2[nH]1. The second-order valence-electron chi connectivity index (χ2n) is 3.26. The molecule has 0 radical (unpaired) electrons. The van der Waals surface area contributed by atoms with Gasteiger partial charge in [-0.05, 0) is 13.0 Å². The molecular weight excluding hydrogens is 194 g/mol. The maximum Gasteiger partial charge on any atom is 0.268 e. The van der Waals surface area contributed by atoms with E-state index in [2.05, 4.69) is 9.97 Å². The third-order valence-electron chi connectivity index (χ3n) is 2.11. The number of nitrogens with two attached hydrogens (primary N) is 1. The Morgan fingerprint density at radius 3 is 2.93 bits per heavy atom. The van der Waals surface area contributed by atoms with Crippen LogP contribution in [0.25, 0.3) is 10.9 Å². The molecule has 2 rings (SSSR count). The van der Waals surface area contributed by atoms with Crippen molar-refractivity contribution in [3.63, 3.8) is 0 Å². The molecule has 0 saturated carbocycles. The molecule has 3 N–H and O–H groups in total. The Hall–Kier alpha value is -2.17. The second-order valence-corrected chi connectivity index (χ2v) is 3.26. The van der Waals surface area contributed by atoms with Crippen LogP contribution < -0.4 is 11.2 Å². The zero-order valence-corrected chi connectivity index (χ0v) is 8.07. The number of hydrogen-bond donors (Lipinski definition) is 2. The van der Waals surface area contributed by atoms with Crippen molar-refractivity contribution in [2.75, 3.05) is 0 Å². The zero-order valence-electron chi connectivity index (χ0n) is 8.07. The Labute approximate surface area is 84.9 Å². The maximum atomic E-state index is 11.7. The minimum atomic E-state index is -0.699. The topological polar surface area (TPSA) is 88.8 Å². The third kappa shape index (κ3) is 1.48. The van der Waals surface area contributed by atoms with Crippen LogP contribution in [0.3, 0.4) is 0 Å². The minimum Gasteiger partial charge on any atom is -0.364 e. The number of H-pyrrole nitrogens is 1. The van der Waals surface area contributed by atoms with Gasteiger partial charge in [0.15, 0.2) is 5.43 Å². The number of nitrogens with zero attached hydrogens (tertiary/aromatic N) is 1. The zero-order chi connectivity index (χ0) is 11.0. The van der Waals surface area contributed by atoms with E-state index in [1.165, 1.54) is 12.3 Å². The standard InChI is InChI=1S/C10H9N3O2/c1-5-4-7(14)8-6(13-5)2-3-12-9(8)10(11)15/h2-4H,1H3,(H2,11,15)(H,13,14). The predicted octanol–water partition coefficient (Wildman–Crippen LogP) is 0.330. The number of carbonyl (C=O) groups excluding carboxylic acids is 1. The molecule has 2 aromatic rings. The van der Waals surface area contributed by atoms with Crippen LogP contribution in [-0.4, -0.2) is 15.9 Å². The van der Waals surface area contributed by atoms with E-state index >= 15 is 0 Å². The van der Waals surface area contributed by atoms with Crippen LogP contribution in [0.15, 0.2) is 23.1 Å². The van der Waals surface area contributed by atoms with Gasteiger partial charge in [-0.1, -0.05) is 0 Å². The van der Waals surface area contributed by atoms with E-state index in [1.54, 1.807) is 13.0 Å². The summed E-state index contributed by atoms with van der Waals surface area (Å²) < 4.78 is 0. The molecule has 0 spiro atoms. The lowest BCUT2D eigenvalue weighted by Gasteiger charge is -2.02. The van der Waals surface area contributed by atoms with E-state index in [4.69, 9.17) is 5.73 Å². The van der Waals surface area contributed by atoms with Crippen molar-refractivity contribution in [2.45, 2.75) is 6.92 Å². The summed E-state index contributed by atoms with van der Waals surface area (Å²) in [7, 11) is 0. The molecule has 1 amide bonds. The molecule has 76 valence electrons. The van der Waals surface area contributed by atoms with Gasteiger partial charge in [0.2, 0.25) is 0 Å². The van der Waals surface area contributed by atoms with E-state index in [1.807, 2.05) is 0 Å². The van der Waals surface area contributed by atoms with Gasteiger partial charge < -0.3 is 10.7 Å². The van der Waals surface area contributed by atoms with E-state index in [9.17, 15) is 9.59 Å². The highest BCUT2D eigenvalue weighted by atomic mass is 16.1. The number of nitrogens with one attached hydrogen (secondary N) is 1. The smallest absolute Gasteiger partial charge is 0.268 e. The first-order valence-corrected chi connectivity index (χ1v) is 4.38. The molecular formula is C10H9N3O2. The summed E-state index contributed by atoms with van der Waals surface area (Å²) >= 11 is 0. The molecule has 0 unspecified atom stereocenters. The van der Waals surface area contributed by atoms with Gasteiger partial charge in [-0.2, -0.15) is 0 Å². The van der Waals surface area contributed by atoms with E-state index in [0.29, 0.717) is 5.52 Å². The molecule has 5 heteroatoms. The van der Waals surface area contributed by atoms with Crippen molar-refractivity contribution in [3.8, 4) is 0 Å². The summed E-state index contributed by atoms with van der Waals surface area (Å²) in [4.78, 5) is 29.5. The molecule has 0 aliphatic heterocycles. The lowest BCUT2D eigenvalue weighted by molar-refractivity contribution is 0.0997. The molecule has 0 fully saturated rings. The molecule has 0 saturated heterocycles. The first kappa shape index (κ1) is 9.39. The Balaban J connectivity index is 2.98. The fraction of sp³-hybridized carbons (Fsp3) is 0.100. The van der Waals surface area contributed by atoms with Crippen molar-refractivity contribution in [2.24, 2.45) is 5.73 Å². The van der Waals surface area contributed by atoms with Crippen LogP contribution in [-0.2, 0) is 0 Å². The van der Waals surface area contributed by atoms with Crippen molar-refractivity contribution in [1.29, 1.82) is 0 Å². The maximum absolute atomic E-state index is 11.7. The molecule has 0 aromatic carbocycles. The molecule has 0 bridgehead atoms. The van der Waals surface area contributed by atoms with Gasteiger partial charge in [0.05, 0.1) is 10.9 Å². The van der Waals surface area contributed by atoms with E-state index in [0.717, 1.165) is 5.69 Å². The highest BCUT2D eigenvalue weighted by Gasteiger charge is 2.11. The largest absolute Gasteiger partial charge is 0.364 e. The van der Waals surface area contributed by atoms with Crippen molar-refractivity contribution in [1.82, 2.24) is 9.97 Å². The number of amides is 1. The van der Waals surface area contributed by atoms with E-state index < -0.39 is 5.91 Å². The van der Waals surface area contributed by atoms with Crippen LogP contribution >= 0.6 is 0 Å². The number of fused-ring (bicyclic) bond motifs is 1. The predicted molar refractivity (Wildman–Crippen MR) is 55.6 cm³/mol. The van der Waals surface area contributed by atoms with Crippen LogP contribution in [0, 0.1) is 6.92 Å². The van der Waals surface area contributed by atoms with Crippen LogP contribution in [0.5, 0.6) is 0 Å². The Kier molecular flexibility index (Phi) is 2.00. The first-order valence-electron chi connectivity index (χ1n) is 4.38. The molecule has 2 heterocycles. The van der Waals surface area contributed by atoms with Crippen molar-refractivity contribution in [3.05, 3.63) is 39.9 Å². The average Bonchev–Trinajstić information content (AvgIpc) is 2.16. The first-order chi connectivity index (χ1) is 7.09. The number of hydrogen-bond acceptors (Lipinski definition) is 3. The lowest BCUT2D eigenvalue weighted by Crippen LogP contribution is -2.17. The summed E-state index contributed by atoms with van der Waals surface area (Å²) in [6, 6.07) is 3.05. The van der Waals surface area contributed by atoms with Gasteiger partial charge in [-0.25, -0.2) is 0 Å². The quantitative estimate of drug-likeness (QED) is 0.699. The van der Waals surface area contributed by atoms with Gasteiger partial charge >= 0.3 is 0 Å². The fourth-order valence-electron chi connectivity index (χ4n) is 1.52. The number of aryl methyl sites for hydroxylation is 1. The number of rotatable bonds is 1. The van der Waals surface area contributed by atoms with Gasteiger partial charge in [0.1, 0.15) is 5.69 Å². The van der Waals surface area contributed by atoms with Gasteiger partial charge in [-0.3, -0.25) is 14.6 Å². The lowest BCUT2D eigenvalue weighted by atomic mass is 10.1. The van der Waals surface area contributed by atoms with Crippen molar-refractivity contribution < 1.29 is 4.79 Å². The molecule has 2 aromatic heterocycles. The van der Waals surface area contributed by atoms with Crippen LogP contribution in [0.1, 0.15) is 16.2 Å². The number of pyridine rings is 2. The fourth-order valence-corrected chi connectivity index (χ4v) is 1.52. The second kappa shape index (κ2) is 3.20. The van der Waals surface area contributed by atoms with Gasteiger partial charge in [0, 0.05) is 18.0 Å². The highest BCUT2D eigenvalue weighted by molar-refractivity contribution is 6.03. The Bertz CT molecular complexity index is 601. The normalized spacial score (nSPS) is 10.5. The monoisotopic (exact) mass is 203 g/mol. The average molecular weight is 203 g/mol. The number of aromatic nitrogens is 2. The molecule has 5 nitrogen and oxygen atoms in total. The summed E-state index contributed by atoms with van der Waals surface area (Å²) in [6.07, 6.45) is 1.44. The Morgan fingerprint density at radius 1 is 1.53 bits per heavy atom. The highest BCUT2D eigenvalue weighted by Crippen LogP contribution is 2.10. The minimum absolute atomic E-state index is 0.00810. The summed E-state index contributed by atoms with van der Waals surface area (Å²) in [6.45, 7) is 1.77. The summed E-state index contributed by atoms with van der Waals surface area (Å²) in [5.41, 5.74) is 6.20. The van der Waals surface area contributed by atoms with Crippen molar-refractivity contribution >= 4 is 16.8 Å².